The largest absolute Gasteiger partial charge is 0.515 e. The molecule has 0 aliphatic heterocycles. The molecule has 0 amide bonds. The number of rotatable bonds is 4. The van der Waals surface area contributed by atoms with Crippen molar-refractivity contribution in [2.24, 2.45) is 0 Å². The molecule has 1 aromatic heterocycles. The Morgan fingerprint density at radius 2 is 2.04 bits per heavy atom. The van der Waals surface area contributed by atoms with Gasteiger partial charge in [0.15, 0.2) is 0 Å². The van der Waals surface area contributed by atoms with Crippen molar-refractivity contribution in [3.8, 4) is 28.9 Å². The summed E-state index contributed by atoms with van der Waals surface area (Å²) in [6.45, 7) is 1.72. The fraction of sp³-hybridized carbons (Fsp3) is 0.105. The Balaban J connectivity index is 2.15. The minimum atomic E-state index is -0.965. The predicted molar refractivity (Wildman–Crippen MR) is 96.3 cm³/mol. The normalized spacial score (nSPS) is 10.4. The standard InChI is InChI=1S/C19H12ClF2N3O3/c1-2-27-19(26)28-18-9-17(12-5-11(10-23)6-13(21)7-12)25(24-18)14-3-4-16(22)15(20)8-14/h3-9H,2H2,1H3. The van der Waals surface area contributed by atoms with Gasteiger partial charge >= 0.3 is 6.16 Å². The van der Waals surface area contributed by atoms with E-state index in [0.717, 1.165) is 12.1 Å². The fourth-order valence-corrected chi connectivity index (χ4v) is 2.64. The van der Waals surface area contributed by atoms with Crippen molar-refractivity contribution >= 4 is 17.8 Å². The lowest BCUT2D eigenvalue weighted by molar-refractivity contribution is 0.102. The Morgan fingerprint density at radius 1 is 1.25 bits per heavy atom. The first-order valence-corrected chi connectivity index (χ1v) is 8.40. The first kappa shape index (κ1) is 19.3. The van der Waals surface area contributed by atoms with Crippen LogP contribution in [0.2, 0.25) is 5.02 Å². The minimum Gasteiger partial charge on any atom is -0.434 e. The molecule has 0 fully saturated rings. The van der Waals surface area contributed by atoms with Gasteiger partial charge in [0.25, 0.3) is 0 Å². The average Bonchev–Trinajstić information content (AvgIpc) is 3.07. The second-order valence-electron chi connectivity index (χ2n) is 5.50. The summed E-state index contributed by atoms with van der Waals surface area (Å²) < 4.78 is 38.4. The van der Waals surface area contributed by atoms with Gasteiger partial charge in [0.05, 0.1) is 34.6 Å². The summed E-state index contributed by atoms with van der Waals surface area (Å²) in [7, 11) is 0. The van der Waals surface area contributed by atoms with Gasteiger partial charge in [0, 0.05) is 11.6 Å². The number of benzene rings is 2. The van der Waals surface area contributed by atoms with Crippen LogP contribution in [0.15, 0.2) is 42.5 Å². The number of hydrogen-bond donors (Lipinski definition) is 0. The van der Waals surface area contributed by atoms with Crippen molar-refractivity contribution in [3.63, 3.8) is 0 Å². The zero-order valence-electron chi connectivity index (χ0n) is 14.4. The molecule has 1 heterocycles. The number of nitrogens with zero attached hydrogens (tertiary/aromatic N) is 3. The van der Waals surface area contributed by atoms with Gasteiger partial charge in [0.1, 0.15) is 11.6 Å². The van der Waals surface area contributed by atoms with Gasteiger partial charge in [-0.15, -0.1) is 5.10 Å². The van der Waals surface area contributed by atoms with E-state index < -0.39 is 17.8 Å². The molecular weight excluding hydrogens is 392 g/mol. The predicted octanol–water partition coefficient (Wildman–Crippen LogP) is 4.88. The first-order chi connectivity index (χ1) is 13.4. The molecule has 0 bridgehead atoms. The molecule has 0 spiro atoms. The van der Waals surface area contributed by atoms with Crippen LogP contribution in [0, 0.1) is 23.0 Å². The second kappa shape index (κ2) is 8.06. The molecule has 142 valence electrons. The molecule has 3 aromatic rings. The SMILES string of the molecule is CCOC(=O)Oc1cc(-c2cc(F)cc(C#N)c2)n(-c2ccc(F)c(Cl)c2)n1. The average molecular weight is 404 g/mol. The van der Waals surface area contributed by atoms with Gasteiger partial charge in [0.2, 0.25) is 5.88 Å². The van der Waals surface area contributed by atoms with E-state index in [1.54, 1.807) is 6.92 Å². The van der Waals surface area contributed by atoms with Crippen LogP contribution >= 0.6 is 11.6 Å². The van der Waals surface area contributed by atoms with Crippen molar-refractivity contribution < 1.29 is 23.0 Å². The van der Waals surface area contributed by atoms with Crippen molar-refractivity contribution in [2.75, 3.05) is 6.61 Å². The summed E-state index contributed by atoms with van der Waals surface area (Å²) in [5, 5.41) is 13.1. The van der Waals surface area contributed by atoms with Crippen LogP contribution in [0.1, 0.15) is 12.5 Å². The number of ether oxygens (including phenoxy) is 2. The Hall–Kier alpha value is -3.44. The fourth-order valence-electron chi connectivity index (χ4n) is 2.46. The summed E-state index contributed by atoms with van der Waals surface area (Å²) >= 11 is 5.84. The molecule has 6 nitrogen and oxygen atoms in total. The van der Waals surface area contributed by atoms with Gasteiger partial charge < -0.3 is 9.47 Å². The van der Waals surface area contributed by atoms with Crippen LogP contribution in [-0.2, 0) is 4.74 Å². The third kappa shape index (κ3) is 4.10. The molecule has 0 saturated heterocycles. The van der Waals surface area contributed by atoms with E-state index in [4.69, 9.17) is 26.3 Å². The maximum absolute atomic E-state index is 13.9. The topological polar surface area (TPSA) is 77.1 Å². The monoisotopic (exact) mass is 403 g/mol. The number of carbonyl (C=O) groups is 1. The van der Waals surface area contributed by atoms with E-state index in [9.17, 15) is 13.6 Å². The van der Waals surface area contributed by atoms with Crippen LogP contribution in [-0.4, -0.2) is 22.5 Å². The van der Waals surface area contributed by atoms with Crippen molar-refractivity contribution in [1.82, 2.24) is 9.78 Å². The Bertz CT molecular complexity index is 1090. The molecular formula is C19H12ClF2N3O3. The molecule has 0 saturated carbocycles. The molecule has 0 aliphatic rings. The summed E-state index contributed by atoms with van der Waals surface area (Å²) in [5.41, 5.74) is 1.01. The van der Waals surface area contributed by atoms with Crippen LogP contribution in [0.25, 0.3) is 16.9 Å². The molecule has 9 heteroatoms. The maximum Gasteiger partial charge on any atom is 0.515 e. The van der Waals surface area contributed by atoms with Gasteiger partial charge in [-0.05, 0) is 43.3 Å². The summed E-state index contributed by atoms with van der Waals surface area (Å²) in [6.07, 6.45) is -0.965. The van der Waals surface area contributed by atoms with Crippen molar-refractivity contribution in [2.45, 2.75) is 6.92 Å². The number of nitriles is 1. The Kier molecular flexibility index (Phi) is 5.57. The maximum atomic E-state index is 13.9. The lowest BCUT2D eigenvalue weighted by Crippen LogP contribution is -2.10. The van der Waals surface area contributed by atoms with Crippen LogP contribution in [0.4, 0.5) is 13.6 Å². The zero-order valence-corrected chi connectivity index (χ0v) is 15.2. The van der Waals surface area contributed by atoms with Crippen LogP contribution in [0.3, 0.4) is 0 Å². The number of halogens is 3. The van der Waals surface area contributed by atoms with Gasteiger partial charge in [-0.3, -0.25) is 0 Å². The highest BCUT2D eigenvalue weighted by Gasteiger charge is 2.17. The number of hydrogen-bond acceptors (Lipinski definition) is 5. The Labute approximate surface area is 163 Å². The molecule has 0 radical (unpaired) electrons. The lowest BCUT2D eigenvalue weighted by atomic mass is 10.1. The molecule has 0 unspecified atom stereocenters. The van der Waals surface area contributed by atoms with Crippen LogP contribution in [0.5, 0.6) is 5.88 Å². The summed E-state index contributed by atoms with van der Waals surface area (Å²) in [6, 6.07) is 10.8. The molecule has 2 aromatic carbocycles. The highest BCUT2D eigenvalue weighted by atomic mass is 35.5. The number of aromatic nitrogens is 2. The van der Waals surface area contributed by atoms with E-state index in [1.165, 1.54) is 35.0 Å². The van der Waals surface area contributed by atoms with Crippen molar-refractivity contribution in [1.29, 1.82) is 5.26 Å². The van der Waals surface area contributed by atoms with Crippen LogP contribution < -0.4 is 4.74 Å². The Morgan fingerprint density at radius 3 is 2.71 bits per heavy atom. The summed E-state index contributed by atoms with van der Waals surface area (Å²) in [5.74, 6) is -1.39. The quantitative estimate of drug-likeness (QED) is 0.580. The third-order valence-electron chi connectivity index (χ3n) is 3.61. The van der Waals surface area contributed by atoms with E-state index in [0.29, 0.717) is 11.3 Å². The van der Waals surface area contributed by atoms with Crippen molar-refractivity contribution in [3.05, 3.63) is 64.7 Å². The smallest absolute Gasteiger partial charge is 0.434 e. The van der Waals surface area contributed by atoms with E-state index >= 15 is 0 Å². The van der Waals surface area contributed by atoms with E-state index in [-0.39, 0.29) is 28.8 Å². The van der Waals surface area contributed by atoms with E-state index in [2.05, 4.69) is 5.10 Å². The summed E-state index contributed by atoms with van der Waals surface area (Å²) in [4.78, 5) is 11.6. The second-order valence-corrected chi connectivity index (χ2v) is 5.91. The molecule has 3 rings (SSSR count). The number of carbonyl (C=O) groups excluding carboxylic acids is 1. The molecule has 0 atom stereocenters. The van der Waals surface area contributed by atoms with Gasteiger partial charge in [-0.2, -0.15) is 5.26 Å². The third-order valence-corrected chi connectivity index (χ3v) is 3.90. The molecule has 0 N–H and O–H groups in total. The minimum absolute atomic E-state index is 0.0905. The van der Waals surface area contributed by atoms with Gasteiger partial charge in [-0.1, -0.05) is 11.6 Å². The van der Waals surface area contributed by atoms with E-state index in [1.807, 2.05) is 6.07 Å². The molecule has 0 aliphatic carbocycles. The first-order valence-electron chi connectivity index (χ1n) is 8.02. The lowest BCUT2D eigenvalue weighted by Gasteiger charge is -2.08. The highest BCUT2D eigenvalue weighted by molar-refractivity contribution is 6.30. The zero-order chi connectivity index (χ0) is 20.3. The highest BCUT2D eigenvalue weighted by Crippen LogP contribution is 2.30. The molecule has 28 heavy (non-hydrogen) atoms. The van der Waals surface area contributed by atoms with Gasteiger partial charge in [-0.25, -0.2) is 18.3 Å².